The number of carbonyl (C=O) groups is 1. The fourth-order valence-corrected chi connectivity index (χ4v) is 3.14. The Morgan fingerprint density at radius 2 is 2.04 bits per heavy atom. The van der Waals surface area contributed by atoms with E-state index in [4.69, 9.17) is 0 Å². The van der Waals surface area contributed by atoms with Crippen molar-refractivity contribution in [2.24, 2.45) is 0 Å². The van der Waals surface area contributed by atoms with Crippen molar-refractivity contribution < 1.29 is 9.72 Å². The third-order valence-electron chi connectivity index (χ3n) is 4.23. The molecule has 0 aliphatic rings. The van der Waals surface area contributed by atoms with Gasteiger partial charge in [-0.15, -0.1) is 0 Å². The normalized spacial score (nSPS) is 12.0. The zero-order chi connectivity index (χ0) is 20.3. The summed E-state index contributed by atoms with van der Waals surface area (Å²) in [5.74, 6) is 0.0407. The Kier molecular flexibility index (Phi) is 5.88. The number of hydrogen-bond donors (Lipinski definition) is 1. The second-order valence-electron chi connectivity index (χ2n) is 6.36. The van der Waals surface area contributed by atoms with Gasteiger partial charge in [0.2, 0.25) is 5.91 Å². The number of nitrogens with zero attached hydrogens (tertiary/aromatic N) is 5. The molecule has 1 amide bonds. The lowest BCUT2D eigenvalue weighted by molar-refractivity contribution is -0.385. The lowest BCUT2D eigenvalue weighted by Crippen LogP contribution is -2.26. The predicted molar refractivity (Wildman–Crippen MR) is 107 cm³/mol. The summed E-state index contributed by atoms with van der Waals surface area (Å²) in [7, 11) is 0. The van der Waals surface area contributed by atoms with Crippen LogP contribution in [0.2, 0.25) is 0 Å². The van der Waals surface area contributed by atoms with E-state index in [9.17, 15) is 14.9 Å². The van der Waals surface area contributed by atoms with Gasteiger partial charge in [-0.2, -0.15) is 10.2 Å². The highest BCUT2D eigenvalue weighted by atomic mass is 79.9. The molecule has 10 heteroatoms. The van der Waals surface area contributed by atoms with Crippen LogP contribution in [0.25, 0.3) is 0 Å². The van der Waals surface area contributed by atoms with Crippen LogP contribution in [0.5, 0.6) is 0 Å². The van der Waals surface area contributed by atoms with E-state index in [1.54, 1.807) is 10.9 Å². The molecule has 3 aromatic rings. The molecule has 2 heterocycles. The Morgan fingerprint density at radius 1 is 1.32 bits per heavy atom. The van der Waals surface area contributed by atoms with Gasteiger partial charge < -0.3 is 5.32 Å². The molecule has 3 rings (SSSR count). The molecular weight excluding hydrogens is 428 g/mol. The number of amides is 1. The molecule has 28 heavy (non-hydrogen) atoms. The number of aromatic nitrogens is 4. The molecule has 0 aliphatic carbocycles. The average molecular weight is 447 g/mol. The Balaban J connectivity index is 1.72. The summed E-state index contributed by atoms with van der Waals surface area (Å²) in [6.45, 7) is 4.40. The van der Waals surface area contributed by atoms with Crippen molar-refractivity contribution >= 4 is 33.3 Å². The second-order valence-corrected chi connectivity index (χ2v) is 7.21. The highest BCUT2D eigenvalue weighted by Crippen LogP contribution is 2.23. The first-order valence-corrected chi connectivity index (χ1v) is 9.44. The molecule has 0 spiro atoms. The lowest BCUT2D eigenvalue weighted by atomic mass is 10.1. The molecule has 1 aromatic carbocycles. The molecule has 0 saturated carbocycles. The van der Waals surface area contributed by atoms with Crippen molar-refractivity contribution in [3.63, 3.8) is 0 Å². The van der Waals surface area contributed by atoms with Gasteiger partial charge in [0.1, 0.15) is 18.4 Å². The fraction of sp³-hybridized carbons (Fsp3) is 0.278. The maximum absolute atomic E-state index is 12.7. The summed E-state index contributed by atoms with van der Waals surface area (Å²) < 4.78 is 3.67. The summed E-state index contributed by atoms with van der Waals surface area (Å²) in [6, 6.07) is 7.45. The van der Waals surface area contributed by atoms with Gasteiger partial charge in [0, 0.05) is 6.20 Å². The van der Waals surface area contributed by atoms with Gasteiger partial charge in [0.05, 0.1) is 15.9 Å². The Bertz CT molecular complexity index is 995. The molecule has 0 saturated heterocycles. The molecule has 0 bridgehead atoms. The van der Waals surface area contributed by atoms with E-state index in [1.165, 1.54) is 16.4 Å². The summed E-state index contributed by atoms with van der Waals surface area (Å²) in [5, 5.41) is 21.9. The van der Waals surface area contributed by atoms with Crippen LogP contribution in [0, 0.1) is 17.0 Å². The van der Waals surface area contributed by atoms with E-state index in [0.29, 0.717) is 23.3 Å². The van der Waals surface area contributed by atoms with Crippen molar-refractivity contribution in [3.05, 3.63) is 68.6 Å². The SMILES string of the molecule is CCC(C(=O)Nc1nn(Cc2ccc(C)cc2)cc1Br)n1cc([N+](=O)[O-])cn1. The van der Waals surface area contributed by atoms with Crippen LogP contribution in [0.15, 0.2) is 47.3 Å². The van der Waals surface area contributed by atoms with E-state index in [0.717, 1.165) is 11.8 Å². The van der Waals surface area contributed by atoms with E-state index in [-0.39, 0.29) is 11.6 Å². The number of hydrogen-bond acceptors (Lipinski definition) is 5. The minimum absolute atomic E-state index is 0.158. The molecule has 1 N–H and O–H groups in total. The first kappa shape index (κ1) is 19.7. The Labute approximate surface area is 169 Å². The number of aryl methyl sites for hydroxylation is 1. The molecule has 0 radical (unpaired) electrons. The van der Waals surface area contributed by atoms with Crippen molar-refractivity contribution in [3.8, 4) is 0 Å². The molecule has 146 valence electrons. The van der Waals surface area contributed by atoms with E-state index >= 15 is 0 Å². The van der Waals surface area contributed by atoms with Gasteiger partial charge >= 0.3 is 5.69 Å². The second kappa shape index (κ2) is 8.34. The summed E-state index contributed by atoms with van der Waals surface area (Å²) in [4.78, 5) is 23.0. The van der Waals surface area contributed by atoms with Gasteiger partial charge in [0.15, 0.2) is 5.82 Å². The van der Waals surface area contributed by atoms with Crippen LogP contribution in [0.1, 0.15) is 30.5 Å². The molecule has 1 unspecified atom stereocenters. The zero-order valence-electron chi connectivity index (χ0n) is 15.4. The molecule has 2 aromatic heterocycles. The summed E-state index contributed by atoms with van der Waals surface area (Å²) in [6.07, 6.45) is 4.59. The van der Waals surface area contributed by atoms with Gasteiger partial charge in [0.25, 0.3) is 0 Å². The quantitative estimate of drug-likeness (QED) is 0.439. The van der Waals surface area contributed by atoms with Crippen LogP contribution in [0.4, 0.5) is 11.5 Å². The molecule has 0 aliphatic heterocycles. The van der Waals surface area contributed by atoms with Crippen LogP contribution >= 0.6 is 15.9 Å². The number of nitro groups is 1. The van der Waals surface area contributed by atoms with E-state index in [2.05, 4.69) is 31.4 Å². The van der Waals surface area contributed by atoms with Crippen LogP contribution in [-0.4, -0.2) is 30.4 Å². The molecule has 9 nitrogen and oxygen atoms in total. The van der Waals surface area contributed by atoms with Gasteiger partial charge in [-0.1, -0.05) is 36.8 Å². The van der Waals surface area contributed by atoms with E-state index in [1.807, 2.05) is 38.1 Å². The molecule has 0 fully saturated rings. The number of rotatable bonds is 7. The van der Waals surface area contributed by atoms with Crippen LogP contribution in [0.3, 0.4) is 0 Å². The van der Waals surface area contributed by atoms with Crippen molar-refractivity contribution in [1.29, 1.82) is 0 Å². The largest absolute Gasteiger partial charge is 0.307 e. The van der Waals surface area contributed by atoms with Gasteiger partial charge in [-0.05, 0) is 34.8 Å². The maximum Gasteiger partial charge on any atom is 0.307 e. The van der Waals surface area contributed by atoms with Crippen LogP contribution in [-0.2, 0) is 11.3 Å². The summed E-state index contributed by atoms with van der Waals surface area (Å²) >= 11 is 3.41. The zero-order valence-corrected chi connectivity index (χ0v) is 17.0. The fourth-order valence-electron chi connectivity index (χ4n) is 2.73. The first-order valence-electron chi connectivity index (χ1n) is 8.65. The highest BCUT2D eigenvalue weighted by molar-refractivity contribution is 9.10. The minimum Gasteiger partial charge on any atom is -0.306 e. The predicted octanol–water partition coefficient (Wildman–Crippen LogP) is 3.70. The van der Waals surface area contributed by atoms with Crippen molar-refractivity contribution in [2.75, 3.05) is 5.32 Å². The highest BCUT2D eigenvalue weighted by Gasteiger charge is 2.23. The van der Waals surface area contributed by atoms with Crippen molar-refractivity contribution in [2.45, 2.75) is 32.9 Å². The number of nitrogens with one attached hydrogen (secondary N) is 1. The number of anilines is 1. The molecular formula is C18H19BrN6O3. The molecule has 1 atom stereocenters. The van der Waals surface area contributed by atoms with Crippen molar-refractivity contribution in [1.82, 2.24) is 19.6 Å². The maximum atomic E-state index is 12.7. The van der Waals surface area contributed by atoms with Crippen LogP contribution < -0.4 is 5.32 Å². The minimum atomic E-state index is -0.678. The number of benzene rings is 1. The lowest BCUT2D eigenvalue weighted by Gasteiger charge is -2.14. The smallest absolute Gasteiger partial charge is 0.306 e. The third-order valence-corrected chi connectivity index (χ3v) is 4.81. The number of halogens is 1. The third kappa shape index (κ3) is 4.45. The summed E-state index contributed by atoms with van der Waals surface area (Å²) in [5.41, 5.74) is 2.12. The first-order chi connectivity index (χ1) is 13.4. The monoisotopic (exact) mass is 446 g/mol. The van der Waals surface area contributed by atoms with E-state index < -0.39 is 11.0 Å². The number of carbonyl (C=O) groups excluding carboxylic acids is 1. The Morgan fingerprint density at radius 3 is 2.64 bits per heavy atom. The average Bonchev–Trinajstić information content (AvgIpc) is 3.25. The van der Waals surface area contributed by atoms with Gasteiger partial charge in [-0.3, -0.25) is 24.3 Å². The van der Waals surface area contributed by atoms with Gasteiger partial charge in [-0.25, -0.2) is 0 Å². The topological polar surface area (TPSA) is 108 Å². The standard InChI is InChI=1S/C18H19BrN6O3/c1-3-16(24-10-14(8-20-24)25(27)28)18(26)21-17-15(19)11-23(22-17)9-13-6-4-12(2)5-7-13/h4-8,10-11,16H,3,9H2,1-2H3,(H,21,22,26). The Hall–Kier alpha value is -3.01.